The Labute approximate surface area is 171 Å². The lowest BCUT2D eigenvalue weighted by Crippen LogP contribution is -2.41. The Bertz CT molecular complexity index is 596. The maximum Gasteiger partial charge on any atom is 0.324 e. The number of ether oxygens (including phenoxy) is 1. The molecule has 0 unspecified atom stereocenters. The van der Waals surface area contributed by atoms with Gasteiger partial charge in [0.15, 0.2) is 5.96 Å². The molecule has 0 spiro atoms. The van der Waals surface area contributed by atoms with Crippen molar-refractivity contribution in [3.05, 3.63) is 30.3 Å². The van der Waals surface area contributed by atoms with E-state index in [4.69, 9.17) is 4.74 Å². The van der Waals surface area contributed by atoms with Gasteiger partial charge in [-0.1, -0.05) is 18.2 Å². The van der Waals surface area contributed by atoms with Crippen LogP contribution in [0.5, 0.6) is 5.75 Å². The number of likely N-dealkylation sites (N-methyl/N-ethyl adjacent to an activating group) is 1. The van der Waals surface area contributed by atoms with Crippen molar-refractivity contribution < 1.29 is 14.3 Å². The van der Waals surface area contributed by atoms with Gasteiger partial charge in [0.2, 0.25) is 5.91 Å². The zero-order chi connectivity index (χ0) is 18.1. The van der Waals surface area contributed by atoms with Crippen LogP contribution in [-0.4, -0.2) is 74.1 Å². The fraction of sp³-hybridized carbons (Fsp3) is 0.471. The lowest BCUT2D eigenvalue weighted by molar-refractivity contribution is -0.124. The van der Waals surface area contributed by atoms with E-state index in [-0.39, 0.29) is 49.0 Å². The molecule has 1 aliphatic rings. The fourth-order valence-corrected chi connectivity index (χ4v) is 2.33. The first-order valence-corrected chi connectivity index (χ1v) is 8.37. The van der Waals surface area contributed by atoms with Crippen LogP contribution in [-0.2, 0) is 4.79 Å². The third kappa shape index (κ3) is 6.70. The van der Waals surface area contributed by atoms with Gasteiger partial charge in [0.1, 0.15) is 12.4 Å². The summed E-state index contributed by atoms with van der Waals surface area (Å²) in [5.41, 5.74) is 0. The third-order valence-electron chi connectivity index (χ3n) is 3.66. The Morgan fingerprint density at radius 1 is 1.35 bits per heavy atom. The topological polar surface area (TPSA) is 86.3 Å². The number of rotatable bonds is 8. The first-order valence-electron chi connectivity index (χ1n) is 8.37. The monoisotopic (exact) mass is 475 g/mol. The van der Waals surface area contributed by atoms with Gasteiger partial charge in [-0.3, -0.25) is 14.7 Å². The van der Waals surface area contributed by atoms with Gasteiger partial charge in [0.05, 0.1) is 26.2 Å². The average molecular weight is 475 g/mol. The summed E-state index contributed by atoms with van der Waals surface area (Å²) in [7, 11) is 1.92. The first kappa shape index (κ1) is 22.0. The van der Waals surface area contributed by atoms with Crippen LogP contribution < -0.4 is 15.4 Å². The molecule has 0 aromatic heterocycles. The summed E-state index contributed by atoms with van der Waals surface area (Å²) in [5, 5.41) is 5.69. The van der Waals surface area contributed by atoms with Crippen molar-refractivity contribution in [2.45, 2.75) is 6.92 Å². The minimum Gasteiger partial charge on any atom is -0.492 e. The van der Waals surface area contributed by atoms with Gasteiger partial charge >= 0.3 is 6.03 Å². The number of halogens is 1. The van der Waals surface area contributed by atoms with Crippen molar-refractivity contribution in [2.75, 3.05) is 46.4 Å². The smallest absolute Gasteiger partial charge is 0.324 e. The van der Waals surface area contributed by atoms with E-state index in [2.05, 4.69) is 15.6 Å². The van der Waals surface area contributed by atoms with Gasteiger partial charge in [-0.25, -0.2) is 4.79 Å². The number of imide groups is 1. The fourth-order valence-electron chi connectivity index (χ4n) is 2.33. The largest absolute Gasteiger partial charge is 0.492 e. The molecule has 8 nitrogen and oxygen atoms in total. The number of urea groups is 1. The summed E-state index contributed by atoms with van der Waals surface area (Å²) >= 11 is 0. The molecule has 2 rings (SSSR count). The van der Waals surface area contributed by atoms with Crippen LogP contribution in [0, 0.1) is 0 Å². The maximum absolute atomic E-state index is 11.5. The Kier molecular flexibility index (Phi) is 9.78. The zero-order valence-electron chi connectivity index (χ0n) is 15.1. The van der Waals surface area contributed by atoms with Crippen molar-refractivity contribution >= 4 is 41.9 Å². The number of aliphatic imine (C=N–C) groups is 1. The van der Waals surface area contributed by atoms with Crippen LogP contribution in [0.1, 0.15) is 6.92 Å². The highest BCUT2D eigenvalue weighted by Crippen LogP contribution is 2.07. The van der Waals surface area contributed by atoms with E-state index in [1.54, 1.807) is 0 Å². The summed E-state index contributed by atoms with van der Waals surface area (Å²) in [4.78, 5) is 30.7. The van der Waals surface area contributed by atoms with Crippen LogP contribution in [0.15, 0.2) is 35.3 Å². The number of hydrogen-bond acceptors (Lipinski definition) is 4. The van der Waals surface area contributed by atoms with E-state index in [9.17, 15) is 9.59 Å². The number of nitrogens with zero attached hydrogens (tertiary/aromatic N) is 3. The second-order valence-electron chi connectivity index (χ2n) is 5.52. The number of carbonyl (C=O) groups is 2. The molecule has 1 heterocycles. The summed E-state index contributed by atoms with van der Waals surface area (Å²) < 4.78 is 5.69. The second kappa shape index (κ2) is 11.6. The van der Waals surface area contributed by atoms with Crippen molar-refractivity contribution in [1.82, 2.24) is 20.4 Å². The van der Waals surface area contributed by atoms with E-state index in [0.29, 0.717) is 25.7 Å². The minimum absolute atomic E-state index is 0. The van der Waals surface area contributed by atoms with Crippen molar-refractivity contribution in [3.8, 4) is 5.75 Å². The number of hydrogen-bond donors (Lipinski definition) is 2. The molecule has 0 radical (unpaired) electrons. The molecule has 1 saturated heterocycles. The number of benzene rings is 1. The number of amides is 3. The summed E-state index contributed by atoms with van der Waals surface area (Å²) in [6, 6.07) is 9.28. The molecular weight excluding hydrogens is 449 g/mol. The highest BCUT2D eigenvalue weighted by Gasteiger charge is 2.27. The minimum atomic E-state index is -0.352. The summed E-state index contributed by atoms with van der Waals surface area (Å²) in [6.07, 6.45) is 0. The van der Waals surface area contributed by atoms with Crippen LogP contribution in [0.2, 0.25) is 0 Å². The number of nitrogens with one attached hydrogen (secondary N) is 2. The van der Waals surface area contributed by atoms with Crippen LogP contribution in [0.25, 0.3) is 0 Å². The molecule has 2 N–H and O–H groups in total. The predicted octanol–water partition coefficient (Wildman–Crippen LogP) is 1.13. The highest BCUT2D eigenvalue weighted by molar-refractivity contribution is 14.0. The molecule has 0 atom stereocenters. The Hall–Kier alpha value is -2.04. The Balaban J connectivity index is 0.00000338. The van der Waals surface area contributed by atoms with Gasteiger partial charge in [0.25, 0.3) is 0 Å². The normalized spacial score (nSPS) is 13.9. The van der Waals surface area contributed by atoms with Gasteiger partial charge in [-0.2, -0.15) is 0 Å². The molecule has 0 saturated carbocycles. The maximum atomic E-state index is 11.5. The van der Waals surface area contributed by atoms with Gasteiger partial charge < -0.3 is 20.3 Å². The quantitative estimate of drug-likeness (QED) is 0.255. The van der Waals surface area contributed by atoms with E-state index < -0.39 is 0 Å². The number of carbonyl (C=O) groups excluding carboxylic acids is 2. The molecule has 1 aromatic rings. The summed E-state index contributed by atoms with van der Waals surface area (Å²) in [5.74, 6) is 1.33. The van der Waals surface area contributed by atoms with Gasteiger partial charge in [0, 0.05) is 13.6 Å². The van der Waals surface area contributed by atoms with E-state index in [1.807, 2.05) is 49.2 Å². The SMILES string of the molecule is CCNC(=NCCN1C(=O)CNC1=O)N(C)CCOc1ccccc1.I. The van der Waals surface area contributed by atoms with Crippen molar-refractivity contribution in [2.24, 2.45) is 4.99 Å². The standard InChI is InChI=1S/C17H25N5O3.HI/c1-3-18-16(19-9-10-22-15(23)13-20-17(22)24)21(2)11-12-25-14-7-5-4-6-8-14;/h4-8H,3,9-13H2,1-2H3,(H,18,19)(H,20,24);1H. The Morgan fingerprint density at radius 2 is 2.08 bits per heavy atom. The number of para-hydroxylation sites is 1. The van der Waals surface area contributed by atoms with Crippen molar-refractivity contribution in [1.29, 1.82) is 0 Å². The molecule has 9 heteroatoms. The van der Waals surface area contributed by atoms with Gasteiger partial charge in [-0.15, -0.1) is 24.0 Å². The van der Waals surface area contributed by atoms with E-state index in [1.165, 1.54) is 4.90 Å². The summed E-state index contributed by atoms with van der Waals surface area (Å²) in [6.45, 7) is 4.59. The van der Waals surface area contributed by atoms with Crippen molar-refractivity contribution in [3.63, 3.8) is 0 Å². The molecule has 1 aromatic carbocycles. The second-order valence-corrected chi connectivity index (χ2v) is 5.52. The lowest BCUT2D eigenvalue weighted by Gasteiger charge is -2.22. The first-order chi connectivity index (χ1) is 12.1. The lowest BCUT2D eigenvalue weighted by atomic mass is 10.3. The predicted molar refractivity (Wildman–Crippen MR) is 111 cm³/mol. The van der Waals surface area contributed by atoms with Crippen LogP contribution >= 0.6 is 24.0 Å². The van der Waals surface area contributed by atoms with Crippen LogP contribution in [0.3, 0.4) is 0 Å². The van der Waals surface area contributed by atoms with E-state index >= 15 is 0 Å². The molecule has 144 valence electrons. The average Bonchev–Trinajstić information content (AvgIpc) is 2.93. The van der Waals surface area contributed by atoms with Gasteiger partial charge in [-0.05, 0) is 19.1 Å². The zero-order valence-corrected chi connectivity index (χ0v) is 17.4. The Morgan fingerprint density at radius 3 is 2.69 bits per heavy atom. The molecule has 0 aliphatic carbocycles. The molecule has 3 amide bonds. The number of guanidine groups is 1. The third-order valence-corrected chi connectivity index (χ3v) is 3.66. The van der Waals surface area contributed by atoms with E-state index in [0.717, 1.165) is 12.3 Å². The molecule has 1 aliphatic heterocycles. The molecule has 0 bridgehead atoms. The van der Waals surface area contributed by atoms with Crippen LogP contribution in [0.4, 0.5) is 4.79 Å². The molecule has 26 heavy (non-hydrogen) atoms. The molecule has 1 fully saturated rings. The molecular formula is C17H26IN5O3. The highest BCUT2D eigenvalue weighted by atomic mass is 127.